The Kier molecular flexibility index (Phi) is 9.05. The third-order valence-electron chi connectivity index (χ3n) is 4.95. The van der Waals surface area contributed by atoms with Crippen LogP contribution in [0.1, 0.15) is 38.3 Å². The van der Waals surface area contributed by atoms with Crippen LogP contribution < -0.4 is 5.32 Å². The Morgan fingerprint density at radius 2 is 1.76 bits per heavy atom. The molecule has 29 heavy (non-hydrogen) atoms. The molecular weight excluding hydrogens is 404 g/mol. The van der Waals surface area contributed by atoms with Gasteiger partial charge in [-0.1, -0.05) is 42.8 Å². The predicted octanol–water partition coefficient (Wildman–Crippen LogP) is 5.07. The lowest BCUT2D eigenvalue weighted by molar-refractivity contribution is -0.138. The molecule has 0 fully saturated rings. The number of nitrogens with zero attached hydrogens (tertiary/aromatic N) is 1. The van der Waals surface area contributed by atoms with Gasteiger partial charge < -0.3 is 10.2 Å². The first kappa shape index (κ1) is 23.3. The molecule has 0 bridgehead atoms. The van der Waals surface area contributed by atoms with Crippen molar-refractivity contribution in [1.82, 2.24) is 10.2 Å². The predicted molar refractivity (Wildman–Crippen MR) is 121 cm³/mol. The van der Waals surface area contributed by atoms with Gasteiger partial charge >= 0.3 is 0 Å². The smallest absolute Gasteiger partial charge is 0.242 e. The number of hydrogen-bond donors (Lipinski definition) is 1. The molecule has 0 saturated carbocycles. The number of halogens is 1. The van der Waals surface area contributed by atoms with Crippen molar-refractivity contribution in [2.75, 3.05) is 5.75 Å². The number of carbonyl (C=O) groups excluding carboxylic acids is 2. The van der Waals surface area contributed by atoms with E-state index in [4.69, 9.17) is 11.6 Å². The van der Waals surface area contributed by atoms with Gasteiger partial charge in [0.25, 0.3) is 0 Å². The molecule has 2 atom stereocenters. The lowest BCUT2D eigenvalue weighted by Crippen LogP contribution is -2.50. The van der Waals surface area contributed by atoms with Gasteiger partial charge in [-0.3, -0.25) is 9.59 Å². The van der Waals surface area contributed by atoms with E-state index in [2.05, 4.69) is 5.32 Å². The topological polar surface area (TPSA) is 49.4 Å². The summed E-state index contributed by atoms with van der Waals surface area (Å²) in [6.45, 7) is 8.20. The fraction of sp³-hybridized carbons (Fsp3) is 0.391. The van der Waals surface area contributed by atoms with Crippen LogP contribution >= 0.6 is 23.4 Å². The Labute approximate surface area is 183 Å². The van der Waals surface area contributed by atoms with E-state index in [-0.39, 0.29) is 23.6 Å². The largest absolute Gasteiger partial charge is 0.352 e. The molecule has 0 aliphatic carbocycles. The summed E-state index contributed by atoms with van der Waals surface area (Å²) < 4.78 is 0. The van der Waals surface area contributed by atoms with Crippen LogP contribution in [-0.4, -0.2) is 34.6 Å². The summed E-state index contributed by atoms with van der Waals surface area (Å²) in [7, 11) is 0. The molecule has 156 valence electrons. The third-order valence-corrected chi connectivity index (χ3v) is 6.19. The Morgan fingerprint density at radius 3 is 2.38 bits per heavy atom. The minimum atomic E-state index is -0.554. The van der Waals surface area contributed by atoms with Gasteiger partial charge in [0.1, 0.15) is 6.04 Å². The average molecular weight is 433 g/mol. The van der Waals surface area contributed by atoms with Crippen molar-refractivity contribution in [1.29, 1.82) is 0 Å². The van der Waals surface area contributed by atoms with Gasteiger partial charge in [-0.25, -0.2) is 0 Å². The molecule has 4 nitrogen and oxygen atoms in total. The highest BCUT2D eigenvalue weighted by Crippen LogP contribution is 2.22. The van der Waals surface area contributed by atoms with Crippen molar-refractivity contribution in [3.63, 3.8) is 0 Å². The zero-order valence-electron chi connectivity index (χ0n) is 17.4. The fourth-order valence-electron chi connectivity index (χ4n) is 2.78. The van der Waals surface area contributed by atoms with Gasteiger partial charge in [0.05, 0.1) is 5.75 Å². The van der Waals surface area contributed by atoms with Crippen molar-refractivity contribution < 1.29 is 9.59 Å². The highest BCUT2D eigenvalue weighted by Gasteiger charge is 2.27. The van der Waals surface area contributed by atoms with Crippen molar-refractivity contribution in [3.05, 3.63) is 64.7 Å². The lowest BCUT2D eigenvalue weighted by Gasteiger charge is -2.30. The zero-order chi connectivity index (χ0) is 21.4. The van der Waals surface area contributed by atoms with Crippen molar-refractivity contribution in [2.45, 2.75) is 57.6 Å². The first-order chi connectivity index (χ1) is 13.8. The maximum absolute atomic E-state index is 13.1. The minimum absolute atomic E-state index is 0.0694. The maximum Gasteiger partial charge on any atom is 0.242 e. The Morgan fingerprint density at radius 1 is 1.10 bits per heavy atom. The van der Waals surface area contributed by atoms with Crippen molar-refractivity contribution >= 4 is 35.2 Å². The maximum atomic E-state index is 13.1. The summed E-state index contributed by atoms with van der Waals surface area (Å²) in [6, 6.07) is 14.9. The van der Waals surface area contributed by atoms with E-state index in [1.807, 2.05) is 69.3 Å². The summed E-state index contributed by atoms with van der Waals surface area (Å²) in [5.41, 5.74) is 2.14. The molecule has 2 aromatic carbocycles. The van der Waals surface area contributed by atoms with Crippen LogP contribution in [0, 0.1) is 6.92 Å². The molecule has 0 heterocycles. The molecular formula is C23H29ClN2O2S. The lowest BCUT2D eigenvalue weighted by atomic mass is 10.1. The van der Waals surface area contributed by atoms with E-state index >= 15 is 0 Å². The summed E-state index contributed by atoms with van der Waals surface area (Å²) >= 11 is 7.38. The van der Waals surface area contributed by atoms with E-state index in [1.54, 1.807) is 11.8 Å². The highest BCUT2D eigenvalue weighted by molar-refractivity contribution is 8.00. The van der Waals surface area contributed by atoms with Crippen LogP contribution in [0.5, 0.6) is 0 Å². The molecule has 1 N–H and O–H groups in total. The van der Waals surface area contributed by atoms with Gasteiger partial charge in [-0.05, 0) is 62.6 Å². The number of thioether (sulfide) groups is 1. The van der Waals surface area contributed by atoms with Crippen molar-refractivity contribution in [2.24, 2.45) is 0 Å². The van der Waals surface area contributed by atoms with Gasteiger partial charge in [-0.2, -0.15) is 0 Å². The molecule has 2 rings (SSSR count). The molecule has 0 spiro atoms. The fourth-order valence-corrected chi connectivity index (χ4v) is 3.69. The second kappa shape index (κ2) is 11.3. The number of nitrogens with one attached hydrogen (secondary N) is 1. The summed E-state index contributed by atoms with van der Waals surface area (Å²) in [4.78, 5) is 28.5. The molecule has 0 unspecified atom stereocenters. The summed E-state index contributed by atoms with van der Waals surface area (Å²) in [6.07, 6.45) is 0.844. The number of hydrogen-bond acceptors (Lipinski definition) is 3. The van der Waals surface area contributed by atoms with E-state index in [1.165, 1.54) is 11.8 Å². The molecule has 6 heteroatoms. The van der Waals surface area contributed by atoms with Crippen LogP contribution in [-0.2, 0) is 16.1 Å². The number of aryl methyl sites for hydroxylation is 1. The highest BCUT2D eigenvalue weighted by atomic mass is 35.5. The minimum Gasteiger partial charge on any atom is -0.352 e. The number of rotatable bonds is 9. The van der Waals surface area contributed by atoms with E-state index in [0.717, 1.165) is 22.4 Å². The molecule has 2 amide bonds. The van der Waals surface area contributed by atoms with E-state index < -0.39 is 6.04 Å². The van der Waals surface area contributed by atoms with Crippen molar-refractivity contribution in [3.8, 4) is 0 Å². The summed E-state index contributed by atoms with van der Waals surface area (Å²) in [5, 5.41) is 3.65. The first-order valence-electron chi connectivity index (χ1n) is 9.84. The Bertz CT molecular complexity index is 826. The van der Waals surface area contributed by atoms with Crippen LogP contribution in [0.3, 0.4) is 0 Å². The zero-order valence-corrected chi connectivity index (χ0v) is 19.0. The summed E-state index contributed by atoms with van der Waals surface area (Å²) in [5.74, 6) is 0.0619. The number of benzene rings is 2. The molecule has 0 saturated heterocycles. The number of carbonyl (C=O) groups is 2. The van der Waals surface area contributed by atoms with Crippen LogP contribution in [0.25, 0.3) is 0 Å². The standard InChI is InChI=1S/C23H29ClN2O2S/c1-5-17(3)25-23(28)18(4)26(14-19-9-7-6-8-16(19)2)22(27)15-29-21-12-10-20(24)11-13-21/h6-13,17-18H,5,14-15H2,1-4H3,(H,25,28)/t17-,18+/m0/s1. The Balaban J connectivity index is 2.15. The van der Waals surface area contributed by atoms with Gasteiger partial charge in [0.2, 0.25) is 11.8 Å². The van der Waals surface area contributed by atoms with Gasteiger partial charge in [0, 0.05) is 22.5 Å². The molecule has 2 aromatic rings. The average Bonchev–Trinajstić information content (AvgIpc) is 2.71. The SMILES string of the molecule is CC[C@H](C)NC(=O)[C@@H](C)N(Cc1ccccc1C)C(=O)CSc1ccc(Cl)cc1. The van der Waals surface area contributed by atoms with Crippen LogP contribution in [0.2, 0.25) is 5.02 Å². The van der Waals surface area contributed by atoms with Crippen LogP contribution in [0.15, 0.2) is 53.4 Å². The molecule has 0 aliphatic rings. The van der Waals surface area contributed by atoms with Crippen LogP contribution in [0.4, 0.5) is 0 Å². The Hall–Kier alpha value is -1.98. The quantitative estimate of drug-likeness (QED) is 0.562. The molecule has 0 aliphatic heterocycles. The normalized spacial score (nSPS) is 12.9. The second-order valence-electron chi connectivity index (χ2n) is 7.18. The van der Waals surface area contributed by atoms with E-state index in [0.29, 0.717) is 11.6 Å². The van der Waals surface area contributed by atoms with Gasteiger partial charge in [-0.15, -0.1) is 11.8 Å². The number of amides is 2. The third kappa shape index (κ3) is 7.09. The monoisotopic (exact) mass is 432 g/mol. The van der Waals surface area contributed by atoms with Gasteiger partial charge in [0.15, 0.2) is 0 Å². The second-order valence-corrected chi connectivity index (χ2v) is 8.67. The molecule has 0 aromatic heterocycles. The molecule has 0 radical (unpaired) electrons. The first-order valence-corrected chi connectivity index (χ1v) is 11.2. The van der Waals surface area contributed by atoms with E-state index in [9.17, 15) is 9.59 Å².